The van der Waals surface area contributed by atoms with Crippen molar-refractivity contribution < 1.29 is 5.11 Å². The van der Waals surface area contributed by atoms with Gasteiger partial charge in [0.15, 0.2) is 0 Å². The summed E-state index contributed by atoms with van der Waals surface area (Å²) in [6.45, 7) is 2.69. The summed E-state index contributed by atoms with van der Waals surface area (Å²) in [6, 6.07) is 8.13. The molecular weight excluding hydrogens is 290 g/mol. The van der Waals surface area contributed by atoms with Gasteiger partial charge in [-0.2, -0.15) is 0 Å². The van der Waals surface area contributed by atoms with Gasteiger partial charge >= 0.3 is 0 Å². The Bertz CT molecular complexity index is 401. The monoisotopic (exact) mass is 311 g/mol. The molecule has 3 heteroatoms. The van der Waals surface area contributed by atoms with Crippen LogP contribution in [0.5, 0.6) is 0 Å². The first-order valence-corrected chi connectivity index (χ1v) is 7.50. The van der Waals surface area contributed by atoms with E-state index in [1.807, 2.05) is 12.1 Å². The first kappa shape index (κ1) is 14.0. The van der Waals surface area contributed by atoms with Crippen molar-refractivity contribution in [2.45, 2.75) is 44.6 Å². The highest BCUT2D eigenvalue weighted by Gasteiger charge is 2.40. The average Bonchev–Trinajstić information content (AvgIpc) is 2.78. The summed E-state index contributed by atoms with van der Waals surface area (Å²) in [5.74, 6) is 0.0330. The fraction of sp³-hybridized carbons (Fsp3) is 0.600. The molecule has 1 aliphatic rings. The summed E-state index contributed by atoms with van der Waals surface area (Å²) in [4.78, 5) is 0. The van der Waals surface area contributed by atoms with Crippen molar-refractivity contribution in [3.8, 4) is 0 Å². The quantitative estimate of drug-likeness (QED) is 0.895. The van der Waals surface area contributed by atoms with Crippen molar-refractivity contribution in [3.05, 3.63) is 34.3 Å². The maximum Gasteiger partial charge on any atom is 0.0674 e. The Morgan fingerprint density at radius 1 is 1.39 bits per heavy atom. The molecule has 0 saturated heterocycles. The molecule has 1 saturated carbocycles. The molecule has 2 nitrogen and oxygen atoms in total. The number of hydrogen-bond donors (Lipinski definition) is 2. The van der Waals surface area contributed by atoms with E-state index in [4.69, 9.17) is 5.73 Å². The molecule has 18 heavy (non-hydrogen) atoms. The first-order valence-electron chi connectivity index (χ1n) is 6.70. The third kappa shape index (κ3) is 2.79. The molecule has 1 aromatic rings. The standard InChI is InChI=1S/C15H22BrNO/c1-15(7-2-3-8-15)14(18)13(10-17)11-5-4-6-12(16)9-11/h4-6,9,13-14,18H,2-3,7-8,10,17H2,1H3. The van der Waals surface area contributed by atoms with Gasteiger partial charge in [0, 0.05) is 16.9 Å². The minimum absolute atomic E-state index is 0.0330. The zero-order valence-electron chi connectivity index (χ0n) is 10.9. The summed E-state index contributed by atoms with van der Waals surface area (Å²) in [6.07, 6.45) is 4.32. The van der Waals surface area contributed by atoms with Crippen LogP contribution >= 0.6 is 15.9 Å². The SMILES string of the molecule is CC1(C(O)C(CN)c2cccc(Br)c2)CCCC1. The number of aliphatic hydroxyl groups excluding tert-OH is 1. The van der Waals surface area contributed by atoms with Crippen molar-refractivity contribution in [1.29, 1.82) is 0 Å². The number of rotatable bonds is 4. The number of nitrogens with two attached hydrogens (primary N) is 1. The lowest BCUT2D eigenvalue weighted by atomic mass is 9.74. The van der Waals surface area contributed by atoms with Gasteiger partial charge in [-0.15, -0.1) is 0 Å². The molecule has 0 spiro atoms. The number of aliphatic hydroxyl groups is 1. The lowest BCUT2D eigenvalue weighted by Crippen LogP contribution is -2.38. The number of benzene rings is 1. The Labute approximate surface area is 118 Å². The van der Waals surface area contributed by atoms with E-state index in [1.54, 1.807) is 0 Å². The maximum atomic E-state index is 10.7. The van der Waals surface area contributed by atoms with Crippen molar-refractivity contribution >= 4 is 15.9 Å². The molecule has 1 fully saturated rings. The van der Waals surface area contributed by atoms with Crippen LogP contribution in [0.3, 0.4) is 0 Å². The fourth-order valence-corrected chi connectivity index (χ4v) is 3.57. The van der Waals surface area contributed by atoms with Crippen LogP contribution in [0.2, 0.25) is 0 Å². The Balaban J connectivity index is 2.22. The molecule has 2 unspecified atom stereocenters. The normalized spacial score (nSPS) is 21.8. The van der Waals surface area contributed by atoms with E-state index >= 15 is 0 Å². The molecule has 2 rings (SSSR count). The van der Waals surface area contributed by atoms with E-state index in [1.165, 1.54) is 12.8 Å². The Hall–Kier alpha value is -0.380. The lowest BCUT2D eigenvalue weighted by molar-refractivity contribution is 0.0213. The maximum absolute atomic E-state index is 10.7. The van der Waals surface area contributed by atoms with Crippen LogP contribution in [0.1, 0.15) is 44.1 Å². The van der Waals surface area contributed by atoms with Gasteiger partial charge in [0.05, 0.1) is 6.10 Å². The smallest absolute Gasteiger partial charge is 0.0674 e. The van der Waals surface area contributed by atoms with E-state index in [0.29, 0.717) is 6.54 Å². The molecule has 0 bridgehead atoms. The predicted molar refractivity (Wildman–Crippen MR) is 78.5 cm³/mol. The van der Waals surface area contributed by atoms with Crippen LogP contribution in [-0.4, -0.2) is 17.8 Å². The minimum Gasteiger partial charge on any atom is -0.392 e. The van der Waals surface area contributed by atoms with E-state index in [2.05, 4.69) is 35.0 Å². The first-order chi connectivity index (χ1) is 8.57. The highest BCUT2D eigenvalue weighted by molar-refractivity contribution is 9.10. The van der Waals surface area contributed by atoms with Crippen LogP contribution in [0, 0.1) is 5.41 Å². The molecular formula is C15H22BrNO. The molecule has 1 aromatic carbocycles. The van der Waals surface area contributed by atoms with E-state index in [0.717, 1.165) is 22.9 Å². The second-order valence-electron chi connectivity index (χ2n) is 5.70. The molecule has 1 aliphatic carbocycles. The van der Waals surface area contributed by atoms with E-state index < -0.39 is 0 Å². The summed E-state index contributed by atoms with van der Waals surface area (Å²) in [5, 5.41) is 10.7. The van der Waals surface area contributed by atoms with Crippen LogP contribution in [0.15, 0.2) is 28.7 Å². The van der Waals surface area contributed by atoms with Crippen molar-refractivity contribution in [3.63, 3.8) is 0 Å². The Kier molecular flexibility index (Phi) is 4.46. The number of hydrogen-bond acceptors (Lipinski definition) is 2. The van der Waals surface area contributed by atoms with Crippen LogP contribution in [0.4, 0.5) is 0 Å². The second kappa shape index (κ2) is 5.72. The molecule has 0 aromatic heterocycles. The summed E-state index contributed by atoms with van der Waals surface area (Å²) < 4.78 is 1.04. The molecule has 3 N–H and O–H groups in total. The van der Waals surface area contributed by atoms with Crippen LogP contribution < -0.4 is 5.73 Å². The average molecular weight is 312 g/mol. The predicted octanol–water partition coefficient (Wildman–Crippen LogP) is 3.43. The van der Waals surface area contributed by atoms with Gasteiger partial charge in [-0.3, -0.25) is 0 Å². The van der Waals surface area contributed by atoms with Crippen LogP contribution in [-0.2, 0) is 0 Å². The highest BCUT2D eigenvalue weighted by Crippen LogP contribution is 2.44. The van der Waals surface area contributed by atoms with E-state index in [9.17, 15) is 5.11 Å². The largest absolute Gasteiger partial charge is 0.392 e. The van der Waals surface area contributed by atoms with Gasteiger partial charge in [-0.1, -0.05) is 47.8 Å². The summed E-state index contributed by atoms with van der Waals surface area (Å²) in [5.41, 5.74) is 7.07. The molecule has 0 radical (unpaired) electrons. The third-order valence-corrected chi connectivity index (χ3v) is 4.86. The number of halogens is 1. The second-order valence-corrected chi connectivity index (χ2v) is 6.62. The van der Waals surface area contributed by atoms with Gasteiger partial charge in [0.1, 0.15) is 0 Å². The van der Waals surface area contributed by atoms with Crippen molar-refractivity contribution in [2.24, 2.45) is 11.1 Å². The van der Waals surface area contributed by atoms with Crippen molar-refractivity contribution in [2.75, 3.05) is 6.54 Å². The van der Waals surface area contributed by atoms with Crippen LogP contribution in [0.25, 0.3) is 0 Å². The van der Waals surface area contributed by atoms with E-state index in [-0.39, 0.29) is 17.4 Å². The van der Waals surface area contributed by atoms with Gasteiger partial charge in [0.25, 0.3) is 0 Å². The van der Waals surface area contributed by atoms with Gasteiger partial charge in [0.2, 0.25) is 0 Å². The molecule has 0 heterocycles. The van der Waals surface area contributed by atoms with Crippen molar-refractivity contribution in [1.82, 2.24) is 0 Å². The molecule has 0 aliphatic heterocycles. The lowest BCUT2D eigenvalue weighted by Gasteiger charge is -2.35. The zero-order valence-corrected chi connectivity index (χ0v) is 12.5. The topological polar surface area (TPSA) is 46.2 Å². The zero-order chi connectivity index (χ0) is 13.2. The van der Waals surface area contributed by atoms with Gasteiger partial charge in [-0.05, 0) is 36.0 Å². The Morgan fingerprint density at radius 2 is 2.06 bits per heavy atom. The minimum atomic E-state index is -0.348. The Morgan fingerprint density at radius 3 is 2.61 bits per heavy atom. The highest BCUT2D eigenvalue weighted by atomic mass is 79.9. The third-order valence-electron chi connectivity index (χ3n) is 4.37. The van der Waals surface area contributed by atoms with Gasteiger partial charge < -0.3 is 10.8 Å². The molecule has 0 amide bonds. The van der Waals surface area contributed by atoms with Gasteiger partial charge in [-0.25, -0.2) is 0 Å². The fourth-order valence-electron chi connectivity index (χ4n) is 3.15. The summed E-state index contributed by atoms with van der Waals surface area (Å²) >= 11 is 3.48. The summed E-state index contributed by atoms with van der Waals surface area (Å²) in [7, 11) is 0. The molecule has 100 valence electrons. The molecule has 2 atom stereocenters.